The number of halogens is 3. The lowest BCUT2D eigenvalue weighted by atomic mass is 9.93. The van der Waals surface area contributed by atoms with Crippen molar-refractivity contribution in [1.29, 1.82) is 0 Å². The maximum atomic E-state index is 12.1. The minimum Gasteiger partial charge on any atom is -0.369 e. The Morgan fingerprint density at radius 1 is 1.38 bits per heavy atom. The van der Waals surface area contributed by atoms with Crippen molar-refractivity contribution in [2.45, 2.75) is 48.2 Å². The Labute approximate surface area is 125 Å². The summed E-state index contributed by atoms with van der Waals surface area (Å²) in [5, 5.41) is 1.66. The molecule has 9 heteroatoms. The van der Waals surface area contributed by atoms with Crippen LogP contribution in [0, 0.1) is 0 Å². The monoisotopic (exact) mass is 343 g/mol. The first-order valence-corrected chi connectivity index (χ1v) is 8.87. The molecule has 2 rings (SSSR count). The van der Waals surface area contributed by atoms with Gasteiger partial charge in [0.05, 0.1) is 6.10 Å². The lowest BCUT2D eigenvalue weighted by Crippen LogP contribution is -2.40. The molecule has 1 aromatic rings. The van der Waals surface area contributed by atoms with Crippen molar-refractivity contribution in [3.63, 3.8) is 0 Å². The van der Waals surface area contributed by atoms with Gasteiger partial charge in [-0.05, 0) is 37.1 Å². The van der Waals surface area contributed by atoms with Gasteiger partial charge in [0.25, 0.3) is 0 Å². The first-order valence-electron chi connectivity index (χ1n) is 6.50. The Balaban J connectivity index is 1.90. The Hall–Kier alpha value is -0.640. The van der Waals surface area contributed by atoms with Crippen molar-refractivity contribution in [2.75, 3.05) is 6.61 Å². The molecule has 1 saturated carbocycles. The van der Waals surface area contributed by atoms with Gasteiger partial charge in [-0.3, -0.25) is 0 Å². The molecule has 0 aromatic carbocycles. The summed E-state index contributed by atoms with van der Waals surface area (Å²) in [5.74, 6) is 0. The van der Waals surface area contributed by atoms with Gasteiger partial charge in [0.2, 0.25) is 10.0 Å². The molecular formula is C12H16F3NO3S2. The molecule has 0 saturated heterocycles. The predicted molar refractivity (Wildman–Crippen MR) is 72.7 cm³/mol. The molecule has 4 nitrogen and oxygen atoms in total. The van der Waals surface area contributed by atoms with E-state index in [0.717, 1.165) is 11.3 Å². The second-order valence-electron chi connectivity index (χ2n) is 4.97. The standard InChI is InChI=1S/C12H16F3NO3S2/c13-12(14,15)8-19-10-4-1-3-9(7-10)16-21(17,18)11-5-2-6-20-11/h2,5-6,9-10,16H,1,3-4,7-8H2/t9-,10+/m1/s1. The van der Waals surface area contributed by atoms with E-state index in [2.05, 4.69) is 4.72 Å². The van der Waals surface area contributed by atoms with Gasteiger partial charge in [0, 0.05) is 6.04 Å². The molecule has 1 N–H and O–H groups in total. The van der Waals surface area contributed by atoms with E-state index < -0.39 is 28.9 Å². The molecule has 120 valence electrons. The van der Waals surface area contributed by atoms with E-state index >= 15 is 0 Å². The SMILES string of the molecule is O=S(=O)(N[C@@H]1CCC[C@H](OCC(F)(F)F)C1)c1cccs1. The molecule has 1 heterocycles. The van der Waals surface area contributed by atoms with Crippen molar-refractivity contribution in [1.82, 2.24) is 4.72 Å². The van der Waals surface area contributed by atoms with Crippen LogP contribution in [0.2, 0.25) is 0 Å². The van der Waals surface area contributed by atoms with Gasteiger partial charge < -0.3 is 4.74 Å². The maximum Gasteiger partial charge on any atom is 0.411 e. The molecular weight excluding hydrogens is 327 g/mol. The minimum absolute atomic E-state index is 0.209. The fourth-order valence-corrected chi connectivity index (χ4v) is 4.60. The van der Waals surface area contributed by atoms with E-state index in [1.807, 2.05) is 0 Å². The smallest absolute Gasteiger partial charge is 0.369 e. The van der Waals surface area contributed by atoms with Crippen molar-refractivity contribution in [3.8, 4) is 0 Å². The maximum absolute atomic E-state index is 12.1. The van der Waals surface area contributed by atoms with Gasteiger partial charge in [-0.25, -0.2) is 13.1 Å². The second kappa shape index (κ2) is 6.64. The van der Waals surface area contributed by atoms with Gasteiger partial charge >= 0.3 is 6.18 Å². The summed E-state index contributed by atoms with van der Waals surface area (Å²) in [4.78, 5) is 0. The third-order valence-corrected chi connectivity index (χ3v) is 6.11. The second-order valence-corrected chi connectivity index (χ2v) is 7.85. The lowest BCUT2D eigenvalue weighted by Gasteiger charge is -2.29. The van der Waals surface area contributed by atoms with Gasteiger partial charge in [-0.15, -0.1) is 11.3 Å². The van der Waals surface area contributed by atoms with Crippen LogP contribution in [0.5, 0.6) is 0 Å². The Morgan fingerprint density at radius 3 is 2.76 bits per heavy atom. The van der Waals surface area contributed by atoms with Gasteiger partial charge in [0.15, 0.2) is 0 Å². The molecule has 0 radical (unpaired) electrons. The Kier molecular flexibility index (Phi) is 5.29. The normalized spacial score (nSPS) is 24.1. The van der Waals surface area contributed by atoms with E-state index in [9.17, 15) is 21.6 Å². The minimum atomic E-state index is -4.36. The average Bonchev–Trinajstić information content (AvgIpc) is 2.90. The quantitative estimate of drug-likeness (QED) is 0.894. The van der Waals surface area contributed by atoms with E-state index in [1.54, 1.807) is 11.4 Å². The molecule has 0 aliphatic heterocycles. The third kappa shape index (κ3) is 5.24. The van der Waals surface area contributed by atoms with E-state index in [-0.39, 0.29) is 16.7 Å². The van der Waals surface area contributed by atoms with Gasteiger partial charge in [-0.2, -0.15) is 13.2 Å². The highest BCUT2D eigenvalue weighted by molar-refractivity contribution is 7.91. The number of ether oxygens (including phenoxy) is 1. The molecule has 0 unspecified atom stereocenters. The highest BCUT2D eigenvalue weighted by Crippen LogP contribution is 2.26. The molecule has 0 amide bonds. The summed E-state index contributed by atoms with van der Waals surface area (Å²) in [5.41, 5.74) is 0. The van der Waals surface area contributed by atoms with Crippen LogP contribution in [0.25, 0.3) is 0 Å². The summed E-state index contributed by atoms with van der Waals surface area (Å²) in [6.45, 7) is -1.29. The molecule has 21 heavy (non-hydrogen) atoms. The zero-order valence-electron chi connectivity index (χ0n) is 11.1. The Morgan fingerprint density at radius 2 is 2.14 bits per heavy atom. The van der Waals surface area contributed by atoms with Crippen LogP contribution in [0.1, 0.15) is 25.7 Å². The summed E-state index contributed by atoms with van der Waals surface area (Å²) >= 11 is 1.10. The topological polar surface area (TPSA) is 55.4 Å². The number of nitrogens with one attached hydrogen (secondary N) is 1. The first kappa shape index (κ1) is 16.7. The van der Waals surface area contributed by atoms with Gasteiger partial charge in [-0.1, -0.05) is 6.07 Å². The fourth-order valence-electron chi connectivity index (χ4n) is 2.31. The number of thiophene rings is 1. The van der Waals surface area contributed by atoms with Crippen LogP contribution in [0.4, 0.5) is 13.2 Å². The van der Waals surface area contributed by atoms with Crippen molar-refractivity contribution < 1.29 is 26.3 Å². The lowest BCUT2D eigenvalue weighted by molar-refractivity contribution is -0.188. The molecule has 0 bridgehead atoms. The first-order chi connectivity index (χ1) is 9.76. The van der Waals surface area contributed by atoms with Crippen molar-refractivity contribution in [3.05, 3.63) is 17.5 Å². The van der Waals surface area contributed by atoms with Crippen molar-refractivity contribution >= 4 is 21.4 Å². The number of rotatable bonds is 5. The largest absolute Gasteiger partial charge is 0.411 e. The number of hydrogen-bond donors (Lipinski definition) is 1. The predicted octanol–water partition coefficient (Wildman–Crippen LogP) is 2.92. The highest BCUT2D eigenvalue weighted by Gasteiger charge is 2.32. The van der Waals surface area contributed by atoms with E-state index in [1.165, 1.54) is 6.07 Å². The van der Waals surface area contributed by atoms with Gasteiger partial charge in [0.1, 0.15) is 10.8 Å². The van der Waals surface area contributed by atoms with E-state index in [4.69, 9.17) is 4.74 Å². The molecule has 1 fully saturated rings. The Bertz CT molecular complexity index is 543. The molecule has 1 aliphatic carbocycles. The average molecular weight is 343 g/mol. The van der Waals surface area contributed by atoms with Crippen LogP contribution in [0.3, 0.4) is 0 Å². The summed E-state index contributed by atoms with van der Waals surface area (Å²) in [6, 6.07) is 2.74. The molecule has 2 atom stereocenters. The summed E-state index contributed by atoms with van der Waals surface area (Å²) in [7, 11) is -3.59. The number of hydrogen-bond acceptors (Lipinski definition) is 4. The fraction of sp³-hybridized carbons (Fsp3) is 0.667. The van der Waals surface area contributed by atoms with Crippen LogP contribution in [0.15, 0.2) is 21.7 Å². The highest BCUT2D eigenvalue weighted by atomic mass is 32.2. The molecule has 1 aliphatic rings. The molecule has 0 spiro atoms. The summed E-state index contributed by atoms with van der Waals surface area (Å²) < 4.78 is 68.1. The van der Waals surface area contributed by atoms with Crippen LogP contribution >= 0.6 is 11.3 Å². The third-order valence-electron chi connectivity index (χ3n) is 3.19. The number of sulfonamides is 1. The zero-order chi connectivity index (χ0) is 15.5. The van der Waals surface area contributed by atoms with Crippen LogP contribution in [-0.4, -0.2) is 33.3 Å². The van der Waals surface area contributed by atoms with Crippen molar-refractivity contribution in [2.24, 2.45) is 0 Å². The molecule has 1 aromatic heterocycles. The van der Waals surface area contributed by atoms with Crippen LogP contribution in [-0.2, 0) is 14.8 Å². The zero-order valence-corrected chi connectivity index (χ0v) is 12.7. The number of alkyl halides is 3. The van der Waals surface area contributed by atoms with Crippen LogP contribution < -0.4 is 4.72 Å². The summed E-state index contributed by atoms with van der Waals surface area (Å²) in [6.07, 6.45) is -2.88. The van der Waals surface area contributed by atoms with E-state index in [0.29, 0.717) is 19.3 Å².